The number of fused-ring (bicyclic) bond motifs is 1. The molecule has 158 valence electrons. The number of sulfonamides is 1. The van der Waals surface area contributed by atoms with E-state index in [2.05, 4.69) is 9.71 Å². The smallest absolute Gasteiger partial charge is 0.244 e. The Morgan fingerprint density at radius 2 is 1.90 bits per heavy atom. The molecule has 0 saturated carbocycles. The van der Waals surface area contributed by atoms with Crippen LogP contribution >= 0.6 is 0 Å². The molecule has 1 aliphatic carbocycles. The van der Waals surface area contributed by atoms with Crippen LogP contribution in [-0.4, -0.2) is 36.8 Å². The molecule has 3 aromatic rings. The molecule has 7 nitrogen and oxygen atoms in total. The summed E-state index contributed by atoms with van der Waals surface area (Å²) in [5.41, 5.74) is 5.37. The molecule has 1 N–H and O–H groups in total. The van der Waals surface area contributed by atoms with Gasteiger partial charge in [-0.25, -0.2) is 13.1 Å². The van der Waals surface area contributed by atoms with Gasteiger partial charge in [-0.05, 0) is 62.4 Å². The summed E-state index contributed by atoms with van der Waals surface area (Å²) in [6.45, 7) is 2.58. The van der Waals surface area contributed by atoms with Gasteiger partial charge in [-0.2, -0.15) is 5.10 Å². The first-order valence-corrected chi connectivity index (χ1v) is 11.6. The highest BCUT2D eigenvalue weighted by molar-refractivity contribution is 7.89. The van der Waals surface area contributed by atoms with Crippen LogP contribution in [0.1, 0.15) is 29.7 Å². The van der Waals surface area contributed by atoms with Crippen molar-refractivity contribution in [2.75, 3.05) is 13.7 Å². The van der Waals surface area contributed by atoms with Crippen LogP contribution in [-0.2, 0) is 29.4 Å². The minimum absolute atomic E-state index is 0.157. The maximum Gasteiger partial charge on any atom is 0.244 e. The predicted octanol–water partition coefficient (Wildman–Crippen LogP) is 3.12. The van der Waals surface area contributed by atoms with E-state index in [1.807, 2.05) is 29.8 Å². The second kappa shape index (κ2) is 8.57. The summed E-state index contributed by atoms with van der Waals surface area (Å²) < 4.78 is 35.6. The van der Waals surface area contributed by atoms with E-state index in [4.69, 9.17) is 9.84 Å². The fourth-order valence-corrected chi connectivity index (χ4v) is 5.23. The van der Waals surface area contributed by atoms with Crippen molar-refractivity contribution < 1.29 is 13.2 Å². The van der Waals surface area contributed by atoms with Crippen molar-refractivity contribution in [3.8, 4) is 17.0 Å². The van der Waals surface area contributed by atoms with Crippen LogP contribution in [0.5, 0.6) is 5.75 Å². The zero-order valence-electron chi connectivity index (χ0n) is 17.3. The van der Waals surface area contributed by atoms with E-state index in [1.165, 1.54) is 18.4 Å². The number of ether oxygens (including phenoxy) is 1. The lowest BCUT2D eigenvalue weighted by Gasteiger charge is -2.15. The average molecular weight is 427 g/mol. The molecule has 0 unspecified atom stereocenters. The van der Waals surface area contributed by atoms with Gasteiger partial charge in [-0.15, -0.1) is 0 Å². The molecule has 0 spiro atoms. The number of pyridine rings is 1. The molecule has 1 aliphatic rings. The van der Waals surface area contributed by atoms with Gasteiger partial charge < -0.3 is 4.74 Å². The van der Waals surface area contributed by atoms with Crippen molar-refractivity contribution in [3.63, 3.8) is 0 Å². The minimum Gasteiger partial charge on any atom is -0.495 e. The van der Waals surface area contributed by atoms with Gasteiger partial charge >= 0.3 is 0 Å². The molecule has 1 aromatic carbocycles. The van der Waals surface area contributed by atoms with Gasteiger partial charge in [0.1, 0.15) is 10.6 Å². The standard InChI is InChI=1S/C22H26N4O3S/c1-16-7-8-20(29-2)21(15-16)30(27,28)24-13-14-26-19-6-4-3-5-18(19)22(25-26)17-9-11-23-12-10-17/h7-12,15,24H,3-6,13-14H2,1-2H3. The SMILES string of the molecule is COc1ccc(C)cc1S(=O)(=O)NCCn1nc(-c2ccncc2)c2c1CCCC2. The first-order valence-electron chi connectivity index (χ1n) is 10.1. The van der Waals surface area contributed by atoms with Crippen molar-refractivity contribution in [2.24, 2.45) is 0 Å². The zero-order chi connectivity index (χ0) is 21.1. The van der Waals surface area contributed by atoms with Crippen molar-refractivity contribution >= 4 is 10.0 Å². The number of benzene rings is 1. The van der Waals surface area contributed by atoms with Gasteiger partial charge in [-0.1, -0.05) is 6.07 Å². The van der Waals surface area contributed by atoms with Gasteiger partial charge in [0.15, 0.2) is 0 Å². The fourth-order valence-electron chi connectivity index (χ4n) is 3.96. The van der Waals surface area contributed by atoms with Crippen LogP contribution in [0.25, 0.3) is 11.3 Å². The number of aromatic nitrogens is 3. The highest BCUT2D eigenvalue weighted by Gasteiger charge is 2.23. The van der Waals surface area contributed by atoms with Gasteiger partial charge in [-0.3, -0.25) is 9.67 Å². The van der Waals surface area contributed by atoms with Crippen molar-refractivity contribution in [1.29, 1.82) is 0 Å². The highest BCUT2D eigenvalue weighted by atomic mass is 32.2. The topological polar surface area (TPSA) is 86.1 Å². The highest BCUT2D eigenvalue weighted by Crippen LogP contribution is 2.31. The third kappa shape index (κ3) is 4.11. The van der Waals surface area contributed by atoms with E-state index in [9.17, 15) is 8.42 Å². The number of aryl methyl sites for hydroxylation is 1. The number of rotatable bonds is 7. The average Bonchev–Trinajstić information content (AvgIpc) is 3.13. The molecule has 0 radical (unpaired) electrons. The van der Waals surface area contributed by atoms with Crippen LogP contribution < -0.4 is 9.46 Å². The van der Waals surface area contributed by atoms with Gasteiger partial charge in [0.2, 0.25) is 10.0 Å². The van der Waals surface area contributed by atoms with E-state index in [-0.39, 0.29) is 11.4 Å². The fraction of sp³-hybridized carbons (Fsp3) is 0.364. The Morgan fingerprint density at radius 3 is 2.67 bits per heavy atom. The van der Waals surface area contributed by atoms with E-state index in [1.54, 1.807) is 24.5 Å². The van der Waals surface area contributed by atoms with E-state index in [0.717, 1.165) is 42.5 Å². The lowest BCUT2D eigenvalue weighted by molar-refractivity contribution is 0.402. The largest absolute Gasteiger partial charge is 0.495 e. The molecule has 0 aliphatic heterocycles. The van der Waals surface area contributed by atoms with E-state index < -0.39 is 10.0 Å². The molecule has 0 atom stereocenters. The monoisotopic (exact) mass is 426 g/mol. The Morgan fingerprint density at radius 1 is 1.13 bits per heavy atom. The predicted molar refractivity (Wildman–Crippen MR) is 115 cm³/mol. The normalized spacial score (nSPS) is 13.8. The summed E-state index contributed by atoms with van der Waals surface area (Å²) in [7, 11) is -2.21. The lowest BCUT2D eigenvalue weighted by Crippen LogP contribution is -2.28. The molecular formula is C22H26N4O3S. The molecule has 2 aromatic heterocycles. The third-order valence-corrected chi connectivity index (χ3v) is 6.92. The Balaban J connectivity index is 1.55. The van der Waals surface area contributed by atoms with Crippen LogP contribution in [0.4, 0.5) is 0 Å². The molecule has 0 fully saturated rings. The van der Waals surface area contributed by atoms with Crippen LogP contribution in [0.3, 0.4) is 0 Å². The quantitative estimate of drug-likeness (QED) is 0.627. The second-order valence-electron chi connectivity index (χ2n) is 7.49. The summed E-state index contributed by atoms with van der Waals surface area (Å²) in [4.78, 5) is 4.25. The molecular weight excluding hydrogens is 400 g/mol. The molecule has 30 heavy (non-hydrogen) atoms. The summed E-state index contributed by atoms with van der Waals surface area (Å²) in [6.07, 6.45) is 7.78. The third-order valence-electron chi connectivity index (χ3n) is 5.43. The number of methoxy groups -OCH3 is 1. The van der Waals surface area contributed by atoms with Crippen LogP contribution in [0, 0.1) is 6.92 Å². The summed E-state index contributed by atoms with van der Waals surface area (Å²) in [6, 6.07) is 9.06. The van der Waals surface area contributed by atoms with E-state index >= 15 is 0 Å². The Kier molecular flexibility index (Phi) is 5.87. The Labute approximate surface area is 177 Å². The summed E-state index contributed by atoms with van der Waals surface area (Å²) in [5, 5.41) is 4.83. The number of hydrogen-bond donors (Lipinski definition) is 1. The van der Waals surface area contributed by atoms with Crippen LogP contribution in [0.15, 0.2) is 47.6 Å². The first-order chi connectivity index (χ1) is 14.5. The molecule has 8 heteroatoms. The number of nitrogens with one attached hydrogen (secondary N) is 1. The summed E-state index contributed by atoms with van der Waals surface area (Å²) in [5.74, 6) is 0.338. The maximum absolute atomic E-state index is 12.8. The van der Waals surface area contributed by atoms with Crippen molar-refractivity contribution in [2.45, 2.75) is 44.0 Å². The minimum atomic E-state index is -3.69. The molecule has 0 amide bonds. The number of nitrogens with zero attached hydrogens (tertiary/aromatic N) is 3. The van der Waals surface area contributed by atoms with Gasteiger partial charge in [0, 0.05) is 35.8 Å². The van der Waals surface area contributed by atoms with Crippen molar-refractivity contribution in [1.82, 2.24) is 19.5 Å². The van der Waals surface area contributed by atoms with E-state index in [0.29, 0.717) is 12.3 Å². The lowest BCUT2D eigenvalue weighted by atomic mass is 9.94. The molecule has 0 bridgehead atoms. The Hall–Kier alpha value is -2.71. The molecule has 2 heterocycles. The number of hydrogen-bond acceptors (Lipinski definition) is 5. The Bertz CT molecular complexity index is 1140. The zero-order valence-corrected chi connectivity index (χ0v) is 18.1. The first kappa shape index (κ1) is 20.6. The second-order valence-corrected chi connectivity index (χ2v) is 9.23. The van der Waals surface area contributed by atoms with Gasteiger partial charge in [0.05, 0.1) is 19.3 Å². The van der Waals surface area contributed by atoms with Gasteiger partial charge in [0.25, 0.3) is 0 Å². The van der Waals surface area contributed by atoms with Crippen LogP contribution in [0.2, 0.25) is 0 Å². The molecule has 0 saturated heterocycles. The maximum atomic E-state index is 12.8. The molecule has 4 rings (SSSR count). The summed E-state index contributed by atoms with van der Waals surface area (Å²) >= 11 is 0. The van der Waals surface area contributed by atoms with Crippen molar-refractivity contribution in [3.05, 3.63) is 59.5 Å².